The van der Waals surface area contributed by atoms with E-state index in [1.165, 1.54) is 16.6 Å². The molecule has 8 heteroatoms. The van der Waals surface area contributed by atoms with Crippen LogP contribution in [0, 0.1) is 0 Å². The monoisotopic (exact) mass is 496 g/mol. The number of nitrogens with one attached hydrogen (secondary N) is 2. The van der Waals surface area contributed by atoms with E-state index in [2.05, 4.69) is 68.4 Å². The second kappa shape index (κ2) is 10.2. The zero-order valence-electron chi connectivity index (χ0n) is 20.9. The third kappa shape index (κ3) is 5.02. The third-order valence-electron chi connectivity index (χ3n) is 7.45. The maximum Gasteiger partial charge on any atom is 0.274 e. The van der Waals surface area contributed by atoms with Crippen molar-refractivity contribution in [3.8, 4) is 0 Å². The minimum atomic E-state index is -0.0707. The molecular weight excluding hydrogens is 464 g/mol. The molecule has 6 rings (SSSR count). The molecule has 0 saturated carbocycles. The molecule has 2 N–H and O–H groups in total. The van der Waals surface area contributed by atoms with Crippen molar-refractivity contribution in [2.24, 2.45) is 0 Å². The van der Waals surface area contributed by atoms with Gasteiger partial charge in [0, 0.05) is 81.1 Å². The lowest BCUT2D eigenvalue weighted by Gasteiger charge is -2.28. The number of aryl methyl sites for hydroxylation is 2. The van der Waals surface area contributed by atoms with Gasteiger partial charge >= 0.3 is 0 Å². The quantitative estimate of drug-likeness (QED) is 0.430. The van der Waals surface area contributed by atoms with Crippen molar-refractivity contribution >= 4 is 22.7 Å². The second-order valence-corrected chi connectivity index (χ2v) is 9.97. The summed E-state index contributed by atoms with van der Waals surface area (Å²) < 4.78 is 2.05. The van der Waals surface area contributed by atoms with Crippen molar-refractivity contribution in [3.63, 3.8) is 0 Å². The molecule has 2 aliphatic heterocycles. The Balaban J connectivity index is 1.26. The van der Waals surface area contributed by atoms with E-state index in [0.717, 1.165) is 49.2 Å². The SMILES string of the molecule is O=C1CCN(C(=O)c2nn(CCc3ccccc3)c3c2CN(Cc2cc4ccccc4[nH]2)CC3)CCN1. The van der Waals surface area contributed by atoms with Crippen LogP contribution in [0.3, 0.4) is 0 Å². The standard InChI is InChI=1S/C29H32N6O2/c36-27-12-15-34(17-13-30-27)29(37)28-24-20-33(19-23-18-22-8-4-5-9-25(22)31-23)14-11-26(24)35(32-28)16-10-21-6-2-1-3-7-21/h1-9,18,31H,10-17,19-20H2,(H,30,36). The summed E-state index contributed by atoms with van der Waals surface area (Å²) >= 11 is 0. The molecule has 0 unspecified atom stereocenters. The van der Waals surface area contributed by atoms with E-state index in [1.54, 1.807) is 4.90 Å². The van der Waals surface area contributed by atoms with Crippen LogP contribution in [0.15, 0.2) is 60.7 Å². The van der Waals surface area contributed by atoms with Gasteiger partial charge in [-0.05, 0) is 29.5 Å². The molecule has 0 aliphatic carbocycles. The number of aromatic nitrogens is 3. The first kappa shape index (κ1) is 23.5. The number of aromatic amines is 1. The maximum absolute atomic E-state index is 13.7. The second-order valence-electron chi connectivity index (χ2n) is 9.97. The molecule has 0 spiro atoms. The molecule has 0 radical (unpaired) electrons. The van der Waals surface area contributed by atoms with Crippen LogP contribution in [0.4, 0.5) is 0 Å². The van der Waals surface area contributed by atoms with E-state index in [4.69, 9.17) is 5.10 Å². The first-order valence-electron chi connectivity index (χ1n) is 13.1. The van der Waals surface area contributed by atoms with Crippen LogP contribution in [0.5, 0.6) is 0 Å². The van der Waals surface area contributed by atoms with Crippen LogP contribution in [0.2, 0.25) is 0 Å². The van der Waals surface area contributed by atoms with Crippen LogP contribution in [-0.2, 0) is 37.3 Å². The van der Waals surface area contributed by atoms with Crippen molar-refractivity contribution in [2.45, 2.75) is 38.9 Å². The zero-order chi connectivity index (χ0) is 25.2. The van der Waals surface area contributed by atoms with Gasteiger partial charge in [-0.2, -0.15) is 5.10 Å². The number of carbonyl (C=O) groups excluding carboxylic acids is 2. The Morgan fingerprint density at radius 2 is 1.81 bits per heavy atom. The van der Waals surface area contributed by atoms with Crippen molar-refractivity contribution in [1.29, 1.82) is 0 Å². The number of rotatable bonds is 6. The average molecular weight is 497 g/mol. The van der Waals surface area contributed by atoms with Crippen molar-refractivity contribution < 1.29 is 9.59 Å². The molecule has 0 bridgehead atoms. The van der Waals surface area contributed by atoms with Gasteiger partial charge in [0.05, 0.1) is 0 Å². The predicted molar refractivity (Wildman–Crippen MR) is 142 cm³/mol. The number of amides is 2. The molecule has 1 fully saturated rings. The van der Waals surface area contributed by atoms with E-state index in [1.807, 2.05) is 12.1 Å². The predicted octanol–water partition coefficient (Wildman–Crippen LogP) is 3.13. The Kier molecular flexibility index (Phi) is 6.49. The largest absolute Gasteiger partial charge is 0.357 e. The van der Waals surface area contributed by atoms with Crippen LogP contribution in [-0.4, -0.2) is 62.6 Å². The Labute approximate surface area is 216 Å². The summed E-state index contributed by atoms with van der Waals surface area (Å²) in [5.74, 6) is -0.0751. The number of carbonyl (C=O) groups is 2. The van der Waals surface area contributed by atoms with E-state index >= 15 is 0 Å². The Morgan fingerprint density at radius 1 is 0.973 bits per heavy atom. The van der Waals surface area contributed by atoms with Gasteiger partial charge in [0.15, 0.2) is 5.69 Å². The lowest BCUT2D eigenvalue weighted by atomic mass is 10.0. The van der Waals surface area contributed by atoms with Gasteiger partial charge in [0.25, 0.3) is 5.91 Å². The first-order valence-corrected chi connectivity index (χ1v) is 13.1. The molecular formula is C29H32N6O2. The fourth-order valence-corrected chi connectivity index (χ4v) is 5.50. The molecule has 8 nitrogen and oxygen atoms in total. The lowest BCUT2D eigenvalue weighted by molar-refractivity contribution is -0.120. The highest BCUT2D eigenvalue weighted by molar-refractivity contribution is 5.94. The molecule has 190 valence electrons. The highest BCUT2D eigenvalue weighted by Gasteiger charge is 2.31. The van der Waals surface area contributed by atoms with E-state index in [-0.39, 0.29) is 11.8 Å². The molecule has 0 atom stereocenters. The number of H-pyrrole nitrogens is 1. The van der Waals surface area contributed by atoms with Gasteiger partial charge < -0.3 is 15.2 Å². The third-order valence-corrected chi connectivity index (χ3v) is 7.45. The highest BCUT2D eigenvalue weighted by atomic mass is 16.2. The van der Waals surface area contributed by atoms with Gasteiger partial charge in [0.2, 0.25) is 5.91 Å². The normalized spacial score (nSPS) is 16.4. The average Bonchev–Trinajstić information content (AvgIpc) is 3.42. The van der Waals surface area contributed by atoms with Crippen LogP contribution >= 0.6 is 0 Å². The number of benzene rings is 2. The van der Waals surface area contributed by atoms with Gasteiger partial charge in [-0.3, -0.25) is 19.2 Å². The smallest absolute Gasteiger partial charge is 0.274 e. The van der Waals surface area contributed by atoms with Crippen molar-refractivity contribution in [2.75, 3.05) is 26.2 Å². The van der Waals surface area contributed by atoms with Gasteiger partial charge in [-0.1, -0.05) is 48.5 Å². The summed E-state index contributed by atoms with van der Waals surface area (Å²) in [6, 6.07) is 20.9. The van der Waals surface area contributed by atoms with E-state index in [9.17, 15) is 9.59 Å². The minimum Gasteiger partial charge on any atom is -0.357 e. The summed E-state index contributed by atoms with van der Waals surface area (Å²) in [6.45, 7) is 4.54. The summed E-state index contributed by atoms with van der Waals surface area (Å²) in [7, 11) is 0. The Morgan fingerprint density at radius 3 is 2.68 bits per heavy atom. The molecule has 2 aromatic carbocycles. The number of fused-ring (bicyclic) bond motifs is 2. The van der Waals surface area contributed by atoms with Crippen molar-refractivity contribution in [1.82, 2.24) is 29.9 Å². The van der Waals surface area contributed by atoms with E-state index in [0.29, 0.717) is 38.3 Å². The summed E-state index contributed by atoms with van der Waals surface area (Å²) in [5, 5.41) is 8.97. The Hall–Kier alpha value is -3.91. The Bertz CT molecular complexity index is 1390. The molecule has 2 aliphatic rings. The highest BCUT2D eigenvalue weighted by Crippen LogP contribution is 2.26. The molecule has 1 saturated heterocycles. The number of hydrogen-bond acceptors (Lipinski definition) is 4. The molecule has 4 aromatic rings. The van der Waals surface area contributed by atoms with Gasteiger partial charge in [0.1, 0.15) is 0 Å². The number of hydrogen-bond donors (Lipinski definition) is 2. The molecule has 37 heavy (non-hydrogen) atoms. The van der Waals surface area contributed by atoms with Crippen LogP contribution in [0.1, 0.15) is 39.4 Å². The summed E-state index contributed by atoms with van der Waals surface area (Å²) in [6.07, 6.45) is 2.04. The van der Waals surface area contributed by atoms with Gasteiger partial charge in [-0.15, -0.1) is 0 Å². The maximum atomic E-state index is 13.7. The fraction of sp³-hybridized carbons (Fsp3) is 0.345. The van der Waals surface area contributed by atoms with Crippen LogP contribution < -0.4 is 5.32 Å². The van der Waals surface area contributed by atoms with Crippen molar-refractivity contribution in [3.05, 3.63) is 88.9 Å². The summed E-state index contributed by atoms with van der Waals surface area (Å²) in [5.41, 5.74) is 6.31. The lowest BCUT2D eigenvalue weighted by Crippen LogP contribution is -2.36. The number of nitrogens with zero attached hydrogens (tertiary/aromatic N) is 4. The topological polar surface area (TPSA) is 86.3 Å². The van der Waals surface area contributed by atoms with E-state index < -0.39 is 0 Å². The molecule has 2 amide bonds. The van der Waals surface area contributed by atoms with Crippen LogP contribution in [0.25, 0.3) is 10.9 Å². The fourth-order valence-electron chi connectivity index (χ4n) is 5.50. The molecule has 2 aromatic heterocycles. The zero-order valence-corrected chi connectivity index (χ0v) is 20.9. The van der Waals surface area contributed by atoms with Gasteiger partial charge in [-0.25, -0.2) is 0 Å². The minimum absolute atomic E-state index is 0.00442. The first-order chi connectivity index (χ1) is 18.1. The summed E-state index contributed by atoms with van der Waals surface area (Å²) in [4.78, 5) is 33.2. The molecule has 4 heterocycles. The number of para-hydroxylation sites is 1.